The normalized spacial score (nSPS) is 22.0. The van der Waals surface area contributed by atoms with Gasteiger partial charge >= 0.3 is 5.97 Å². The summed E-state index contributed by atoms with van der Waals surface area (Å²) in [4.78, 5) is 15.8. The van der Waals surface area contributed by atoms with Crippen LogP contribution in [0, 0.1) is 0 Å². The van der Waals surface area contributed by atoms with Gasteiger partial charge in [-0.2, -0.15) is 0 Å². The Labute approximate surface area is 111 Å². The summed E-state index contributed by atoms with van der Waals surface area (Å²) in [5, 5.41) is 0. The van der Waals surface area contributed by atoms with Gasteiger partial charge in [0.2, 0.25) is 0 Å². The number of hydrogen-bond acceptors (Lipinski definition) is 3. The van der Waals surface area contributed by atoms with Gasteiger partial charge in [-0.1, -0.05) is 60.7 Å². The average molecular weight is 251 g/mol. The fourth-order valence-electron chi connectivity index (χ4n) is 2.24. The number of ether oxygens (including phenoxy) is 1. The SMILES string of the molecule is O=C1C=N[C@H](c2ccccc2)[C@H](c2ccccc2)O1. The van der Waals surface area contributed by atoms with Crippen molar-refractivity contribution < 1.29 is 9.53 Å². The number of benzene rings is 2. The van der Waals surface area contributed by atoms with Gasteiger partial charge in [0, 0.05) is 0 Å². The van der Waals surface area contributed by atoms with E-state index in [4.69, 9.17) is 4.74 Å². The van der Waals surface area contributed by atoms with Crippen molar-refractivity contribution in [2.75, 3.05) is 0 Å². The third kappa shape index (κ3) is 2.40. The maximum absolute atomic E-state index is 11.5. The van der Waals surface area contributed by atoms with Gasteiger partial charge in [-0.25, -0.2) is 4.79 Å². The lowest BCUT2D eigenvalue weighted by Crippen LogP contribution is -2.23. The molecule has 0 bridgehead atoms. The molecule has 0 aromatic heterocycles. The fraction of sp³-hybridized carbons (Fsp3) is 0.125. The highest BCUT2D eigenvalue weighted by Gasteiger charge is 2.30. The van der Waals surface area contributed by atoms with E-state index in [1.165, 1.54) is 6.21 Å². The molecular weight excluding hydrogens is 238 g/mol. The maximum Gasteiger partial charge on any atom is 0.349 e. The molecule has 3 heteroatoms. The van der Waals surface area contributed by atoms with Crippen LogP contribution in [0.4, 0.5) is 0 Å². The van der Waals surface area contributed by atoms with Crippen molar-refractivity contribution in [2.45, 2.75) is 12.1 Å². The highest BCUT2D eigenvalue weighted by Crippen LogP contribution is 2.36. The van der Waals surface area contributed by atoms with Crippen molar-refractivity contribution in [1.82, 2.24) is 0 Å². The number of carbonyl (C=O) groups excluding carboxylic acids is 1. The molecule has 0 spiro atoms. The molecule has 1 aliphatic rings. The number of carbonyl (C=O) groups is 1. The van der Waals surface area contributed by atoms with E-state index in [0.717, 1.165) is 11.1 Å². The molecule has 2 aromatic rings. The number of aliphatic imine (C=N–C) groups is 1. The maximum atomic E-state index is 11.5. The average Bonchev–Trinajstić information content (AvgIpc) is 2.49. The molecule has 0 unspecified atom stereocenters. The minimum absolute atomic E-state index is 0.179. The fourth-order valence-corrected chi connectivity index (χ4v) is 2.24. The third-order valence-corrected chi connectivity index (χ3v) is 3.14. The number of cyclic esters (lactones) is 1. The lowest BCUT2D eigenvalue weighted by Gasteiger charge is -2.27. The van der Waals surface area contributed by atoms with Crippen molar-refractivity contribution in [1.29, 1.82) is 0 Å². The summed E-state index contributed by atoms with van der Waals surface area (Å²) in [7, 11) is 0. The molecule has 0 N–H and O–H groups in total. The number of hydrogen-bond donors (Lipinski definition) is 0. The minimum Gasteiger partial charge on any atom is -0.451 e. The molecule has 0 saturated carbocycles. The van der Waals surface area contributed by atoms with E-state index in [2.05, 4.69) is 4.99 Å². The van der Waals surface area contributed by atoms with Gasteiger partial charge in [-0.3, -0.25) is 4.99 Å². The molecule has 1 aliphatic heterocycles. The predicted molar refractivity (Wildman–Crippen MR) is 73.0 cm³/mol. The van der Waals surface area contributed by atoms with Crippen LogP contribution in [-0.4, -0.2) is 12.2 Å². The Kier molecular flexibility index (Phi) is 3.11. The molecule has 1 heterocycles. The van der Waals surface area contributed by atoms with Crippen LogP contribution in [0.5, 0.6) is 0 Å². The van der Waals surface area contributed by atoms with Crippen molar-refractivity contribution in [2.24, 2.45) is 4.99 Å². The summed E-state index contributed by atoms with van der Waals surface area (Å²) >= 11 is 0. The highest BCUT2D eigenvalue weighted by molar-refractivity contribution is 6.23. The molecule has 0 aliphatic carbocycles. The van der Waals surface area contributed by atoms with Crippen LogP contribution in [0.2, 0.25) is 0 Å². The van der Waals surface area contributed by atoms with Crippen molar-refractivity contribution >= 4 is 12.2 Å². The lowest BCUT2D eigenvalue weighted by atomic mass is 9.95. The van der Waals surface area contributed by atoms with E-state index in [1.54, 1.807) is 0 Å². The van der Waals surface area contributed by atoms with E-state index >= 15 is 0 Å². The van der Waals surface area contributed by atoms with Gasteiger partial charge in [0.05, 0.1) is 0 Å². The molecule has 94 valence electrons. The molecular formula is C16H13NO2. The monoisotopic (exact) mass is 251 g/mol. The first-order valence-corrected chi connectivity index (χ1v) is 6.18. The number of nitrogens with zero attached hydrogens (tertiary/aromatic N) is 1. The molecule has 3 nitrogen and oxygen atoms in total. The Bertz CT molecular complexity index is 593. The van der Waals surface area contributed by atoms with Crippen molar-refractivity contribution in [3.63, 3.8) is 0 Å². The standard InChI is InChI=1S/C16H13NO2/c18-14-11-17-15(12-7-3-1-4-8-12)16(19-14)13-9-5-2-6-10-13/h1-11,15-16H/t15-,16+/m1/s1. The van der Waals surface area contributed by atoms with E-state index < -0.39 is 0 Å². The second kappa shape index (κ2) is 5.06. The van der Waals surface area contributed by atoms with E-state index in [1.807, 2.05) is 60.7 Å². The molecule has 0 radical (unpaired) electrons. The van der Waals surface area contributed by atoms with Crippen molar-refractivity contribution in [3.8, 4) is 0 Å². The van der Waals surface area contributed by atoms with Gasteiger partial charge in [-0.15, -0.1) is 0 Å². The predicted octanol–water partition coefficient (Wildman–Crippen LogP) is 3.10. The second-order valence-electron chi connectivity index (χ2n) is 4.40. The number of rotatable bonds is 2. The second-order valence-corrected chi connectivity index (χ2v) is 4.40. The first kappa shape index (κ1) is 11.7. The Morgan fingerprint density at radius 2 is 1.42 bits per heavy atom. The Morgan fingerprint density at radius 3 is 2.05 bits per heavy atom. The summed E-state index contributed by atoms with van der Waals surface area (Å²) in [6.45, 7) is 0. The van der Waals surface area contributed by atoms with Crippen LogP contribution in [0.3, 0.4) is 0 Å². The van der Waals surface area contributed by atoms with Crippen LogP contribution >= 0.6 is 0 Å². The molecule has 0 saturated heterocycles. The van der Waals surface area contributed by atoms with Crippen LogP contribution in [0.25, 0.3) is 0 Å². The van der Waals surface area contributed by atoms with E-state index in [0.29, 0.717) is 0 Å². The summed E-state index contributed by atoms with van der Waals surface area (Å²) in [5.74, 6) is -0.388. The molecule has 2 atom stereocenters. The van der Waals surface area contributed by atoms with E-state index in [9.17, 15) is 4.79 Å². The zero-order valence-electron chi connectivity index (χ0n) is 10.3. The lowest BCUT2D eigenvalue weighted by molar-refractivity contribution is -0.143. The first-order valence-electron chi connectivity index (χ1n) is 6.18. The first-order chi connectivity index (χ1) is 9.34. The smallest absolute Gasteiger partial charge is 0.349 e. The van der Waals surface area contributed by atoms with Gasteiger partial charge in [-0.05, 0) is 11.1 Å². The summed E-state index contributed by atoms with van der Waals surface area (Å²) in [6, 6.07) is 19.4. The Morgan fingerprint density at radius 1 is 0.842 bits per heavy atom. The quantitative estimate of drug-likeness (QED) is 0.769. The van der Waals surface area contributed by atoms with Gasteiger partial charge < -0.3 is 4.74 Å². The van der Waals surface area contributed by atoms with E-state index in [-0.39, 0.29) is 18.1 Å². The Hall–Kier alpha value is -2.42. The van der Waals surface area contributed by atoms with Crippen molar-refractivity contribution in [3.05, 3.63) is 71.8 Å². The topological polar surface area (TPSA) is 38.7 Å². The molecule has 2 aromatic carbocycles. The highest BCUT2D eigenvalue weighted by atomic mass is 16.5. The Balaban J connectivity index is 2.01. The van der Waals surface area contributed by atoms with Gasteiger partial charge in [0.1, 0.15) is 12.3 Å². The summed E-state index contributed by atoms with van der Waals surface area (Å²) in [6.07, 6.45) is 0.901. The van der Waals surface area contributed by atoms with Gasteiger partial charge in [0.25, 0.3) is 0 Å². The van der Waals surface area contributed by atoms with Gasteiger partial charge in [0.15, 0.2) is 6.10 Å². The molecule has 3 rings (SSSR count). The zero-order valence-corrected chi connectivity index (χ0v) is 10.3. The molecule has 0 amide bonds. The van der Waals surface area contributed by atoms with Crippen LogP contribution < -0.4 is 0 Å². The largest absolute Gasteiger partial charge is 0.451 e. The van der Waals surface area contributed by atoms with Crippen LogP contribution in [-0.2, 0) is 9.53 Å². The summed E-state index contributed by atoms with van der Waals surface area (Å²) in [5.41, 5.74) is 2.00. The zero-order chi connectivity index (χ0) is 13.1. The third-order valence-electron chi connectivity index (χ3n) is 3.14. The molecule has 0 fully saturated rings. The van der Waals surface area contributed by atoms with Crippen LogP contribution in [0.1, 0.15) is 23.3 Å². The summed E-state index contributed by atoms with van der Waals surface area (Å²) < 4.78 is 5.45. The molecule has 19 heavy (non-hydrogen) atoms. The number of esters is 1. The van der Waals surface area contributed by atoms with Crippen LogP contribution in [0.15, 0.2) is 65.7 Å². The minimum atomic E-state index is -0.388.